The van der Waals surface area contributed by atoms with Crippen molar-refractivity contribution in [3.63, 3.8) is 0 Å². The highest BCUT2D eigenvalue weighted by Gasteiger charge is 2.33. The quantitative estimate of drug-likeness (QED) is 0.784. The molecule has 2 aromatic carbocycles. The average Bonchev–Trinajstić information content (AvgIpc) is 3.02. The maximum absolute atomic E-state index is 13.1. The highest BCUT2D eigenvalue weighted by atomic mass is 35.5. The van der Waals surface area contributed by atoms with E-state index < -0.39 is 6.10 Å². The Morgan fingerprint density at radius 2 is 1.77 bits per heavy atom. The van der Waals surface area contributed by atoms with Gasteiger partial charge in [-0.2, -0.15) is 0 Å². The molecular weight excluding hydrogens is 402 g/mol. The van der Waals surface area contributed by atoms with Gasteiger partial charge in [0.1, 0.15) is 5.75 Å². The first-order valence-electron chi connectivity index (χ1n) is 10.4. The predicted molar refractivity (Wildman–Crippen MR) is 120 cm³/mol. The number of carbonyl (C=O) groups excluding carboxylic acids is 2. The number of benzene rings is 2. The van der Waals surface area contributed by atoms with Gasteiger partial charge in [0.25, 0.3) is 5.91 Å². The van der Waals surface area contributed by atoms with Crippen LogP contribution in [0.2, 0.25) is 5.02 Å². The molecule has 30 heavy (non-hydrogen) atoms. The molecule has 0 aromatic heterocycles. The number of nitrogens with zero attached hydrogens (tertiary/aromatic N) is 2. The lowest BCUT2D eigenvalue weighted by Gasteiger charge is -2.34. The molecule has 1 N–H and O–H groups in total. The SMILES string of the molecule is CC(=O)N1CC(C(=O)Nc2cc(Cl)ccc2N2CCCCCC2)Oc2ccccc21. The number of hydrogen-bond acceptors (Lipinski definition) is 4. The van der Waals surface area contributed by atoms with Crippen molar-refractivity contribution in [1.29, 1.82) is 0 Å². The number of amides is 2. The van der Waals surface area contributed by atoms with Gasteiger partial charge in [0, 0.05) is 25.0 Å². The van der Waals surface area contributed by atoms with Crippen LogP contribution in [-0.4, -0.2) is 37.6 Å². The molecule has 1 unspecified atom stereocenters. The summed E-state index contributed by atoms with van der Waals surface area (Å²) in [5, 5.41) is 3.56. The normalized spacial score (nSPS) is 18.8. The van der Waals surface area contributed by atoms with Crippen LogP contribution in [0.1, 0.15) is 32.6 Å². The minimum Gasteiger partial charge on any atom is -0.476 e. The Kier molecular flexibility index (Phi) is 6.13. The number of fused-ring (bicyclic) bond motifs is 1. The summed E-state index contributed by atoms with van der Waals surface area (Å²) in [5.41, 5.74) is 2.32. The lowest BCUT2D eigenvalue weighted by Crippen LogP contribution is -2.48. The maximum atomic E-state index is 13.1. The van der Waals surface area contributed by atoms with Crippen LogP contribution >= 0.6 is 11.6 Å². The van der Waals surface area contributed by atoms with E-state index in [1.165, 1.54) is 19.8 Å². The van der Waals surface area contributed by atoms with Crippen LogP contribution in [0.15, 0.2) is 42.5 Å². The third-order valence-electron chi connectivity index (χ3n) is 5.61. The van der Waals surface area contributed by atoms with Gasteiger partial charge >= 0.3 is 0 Å². The first-order valence-corrected chi connectivity index (χ1v) is 10.8. The second kappa shape index (κ2) is 8.96. The van der Waals surface area contributed by atoms with Crippen LogP contribution in [0.25, 0.3) is 0 Å². The van der Waals surface area contributed by atoms with Crippen LogP contribution in [0.4, 0.5) is 17.1 Å². The lowest BCUT2D eigenvalue weighted by atomic mass is 10.1. The van der Waals surface area contributed by atoms with Crippen LogP contribution in [0, 0.1) is 0 Å². The van der Waals surface area contributed by atoms with Crippen molar-refractivity contribution in [2.24, 2.45) is 0 Å². The molecule has 1 fully saturated rings. The van der Waals surface area contributed by atoms with Crippen LogP contribution < -0.4 is 19.9 Å². The van der Waals surface area contributed by atoms with Crippen LogP contribution in [-0.2, 0) is 9.59 Å². The second-order valence-electron chi connectivity index (χ2n) is 7.76. The van der Waals surface area contributed by atoms with E-state index in [9.17, 15) is 9.59 Å². The van der Waals surface area contributed by atoms with Crippen molar-refractivity contribution in [3.05, 3.63) is 47.5 Å². The van der Waals surface area contributed by atoms with Crippen molar-refractivity contribution >= 4 is 40.5 Å². The molecule has 2 aromatic rings. The molecule has 2 aliphatic heterocycles. The Morgan fingerprint density at radius 1 is 1.03 bits per heavy atom. The molecule has 0 spiro atoms. The van der Waals surface area contributed by atoms with Gasteiger partial charge < -0.3 is 19.9 Å². The second-order valence-corrected chi connectivity index (χ2v) is 8.19. The van der Waals surface area contributed by atoms with E-state index in [4.69, 9.17) is 16.3 Å². The molecule has 1 saturated heterocycles. The Morgan fingerprint density at radius 3 is 2.50 bits per heavy atom. The zero-order chi connectivity index (χ0) is 21.1. The molecule has 2 amide bonds. The van der Waals surface area contributed by atoms with Gasteiger partial charge in [-0.1, -0.05) is 36.6 Å². The summed E-state index contributed by atoms with van der Waals surface area (Å²) in [4.78, 5) is 29.1. The summed E-state index contributed by atoms with van der Waals surface area (Å²) in [6, 6.07) is 12.8. The van der Waals surface area contributed by atoms with Gasteiger partial charge in [-0.05, 0) is 43.2 Å². The molecular formula is C23H26ClN3O3. The Bertz CT molecular complexity index is 941. The average molecular weight is 428 g/mol. The Balaban J connectivity index is 1.57. The number of hydrogen-bond donors (Lipinski definition) is 1. The lowest BCUT2D eigenvalue weighted by molar-refractivity contribution is -0.123. The number of nitrogens with one attached hydrogen (secondary N) is 1. The van der Waals surface area contributed by atoms with Crippen LogP contribution in [0.5, 0.6) is 5.75 Å². The highest BCUT2D eigenvalue weighted by molar-refractivity contribution is 6.31. The van der Waals surface area contributed by atoms with E-state index in [0.717, 1.165) is 31.6 Å². The summed E-state index contributed by atoms with van der Waals surface area (Å²) >= 11 is 6.23. The van der Waals surface area contributed by atoms with Crippen molar-refractivity contribution in [2.75, 3.05) is 34.8 Å². The van der Waals surface area contributed by atoms with Gasteiger partial charge in [0.2, 0.25) is 5.91 Å². The maximum Gasteiger partial charge on any atom is 0.267 e. The third-order valence-corrected chi connectivity index (χ3v) is 5.84. The Labute approximate surface area is 181 Å². The number of ether oxygens (including phenoxy) is 1. The number of rotatable bonds is 3. The van der Waals surface area contributed by atoms with Crippen LogP contribution in [0.3, 0.4) is 0 Å². The number of anilines is 3. The molecule has 7 heteroatoms. The summed E-state index contributed by atoms with van der Waals surface area (Å²) in [6.45, 7) is 3.56. The largest absolute Gasteiger partial charge is 0.476 e. The fraction of sp³-hybridized carbons (Fsp3) is 0.391. The van der Waals surface area contributed by atoms with Crippen molar-refractivity contribution in [3.8, 4) is 5.75 Å². The summed E-state index contributed by atoms with van der Waals surface area (Å²) in [6.07, 6.45) is 3.90. The van der Waals surface area contributed by atoms with Crippen molar-refractivity contribution in [1.82, 2.24) is 0 Å². The molecule has 6 nitrogen and oxygen atoms in total. The van der Waals surface area contributed by atoms with Gasteiger partial charge in [-0.25, -0.2) is 0 Å². The predicted octanol–water partition coefficient (Wildman–Crippen LogP) is 4.47. The molecule has 158 valence electrons. The summed E-state index contributed by atoms with van der Waals surface area (Å²) in [7, 11) is 0. The molecule has 1 atom stereocenters. The van der Waals surface area contributed by atoms with E-state index in [1.807, 2.05) is 30.3 Å². The standard InChI is InChI=1S/C23H26ClN3O3/c1-16(28)27-15-22(30-21-9-5-4-8-20(21)27)23(29)25-18-14-17(24)10-11-19(18)26-12-6-2-3-7-13-26/h4-5,8-11,14,22H,2-3,6-7,12-13,15H2,1H3,(H,25,29). The topological polar surface area (TPSA) is 61.9 Å². The zero-order valence-corrected chi connectivity index (χ0v) is 17.8. The first-order chi connectivity index (χ1) is 14.5. The van der Waals surface area contributed by atoms with Gasteiger partial charge in [0.15, 0.2) is 6.10 Å². The third kappa shape index (κ3) is 4.38. The highest BCUT2D eigenvalue weighted by Crippen LogP contribution is 2.35. The molecule has 0 radical (unpaired) electrons. The molecule has 2 heterocycles. The minimum absolute atomic E-state index is 0.128. The Hall–Kier alpha value is -2.73. The van der Waals surface area contributed by atoms with Gasteiger partial charge in [-0.3, -0.25) is 9.59 Å². The first kappa shape index (κ1) is 20.5. The molecule has 2 aliphatic rings. The van der Waals surface area contributed by atoms with E-state index in [0.29, 0.717) is 22.1 Å². The monoisotopic (exact) mass is 427 g/mol. The van der Waals surface area contributed by atoms with E-state index in [2.05, 4.69) is 10.2 Å². The van der Waals surface area contributed by atoms with E-state index >= 15 is 0 Å². The minimum atomic E-state index is -0.806. The molecule has 4 rings (SSSR count). The summed E-state index contributed by atoms with van der Waals surface area (Å²) in [5.74, 6) is 0.101. The van der Waals surface area contributed by atoms with Crippen molar-refractivity contribution < 1.29 is 14.3 Å². The van der Waals surface area contributed by atoms with E-state index in [1.54, 1.807) is 17.0 Å². The summed E-state index contributed by atoms with van der Waals surface area (Å²) < 4.78 is 5.93. The van der Waals surface area contributed by atoms with Gasteiger partial charge in [0.05, 0.1) is 23.6 Å². The zero-order valence-electron chi connectivity index (χ0n) is 17.1. The fourth-order valence-corrected chi connectivity index (χ4v) is 4.25. The number of para-hydroxylation sites is 2. The number of carbonyl (C=O) groups is 2. The van der Waals surface area contributed by atoms with Crippen molar-refractivity contribution in [2.45, 2.75) is 38.7 Å². The number of halogens is 1. The molecule has 0 saturated carbocycles. The fourth-order valence-electron chi connectivity index (χ4n) is 4.08. The molecule has 0 bridgehead atoms. The smallest absolute Gasteiger partial charge is 0.267 e. The molecule has 0 aliphatic carbocycles. The van der Waals surface area contributed by atoms with Gasteiger partial charge in [-0.15, -0.1) is 0 Å². The van der Waals surface area contributed by atoms with E-state index in [-0.39, 0.29) is 18.4 Å².